The van der Waals surface area contributed by atoms with Gasteiger partial charge in [0.25, 0.3) is 0 Å². The fourth-order valence-corrected chi connectivity index (χ4v) is 8.63. The molecule has 0 bridgehead atoms. The van der Waals surface area contributed by atoms with Crippen LogP contribution >= 0.6 is 0 Å². The van der Waals surface area contributed by atoms with Crippen LogP contribution in [0, 0.1) is 0 Å². The van der Waals surface area contributed by atoms with Crippen LogP contribution in [-0.4, -0.2) is 54.3 Å². The zero-order valence-electron chi connectivity index (χ0n) is 20.6. The number of rotatable bonds is 17. The summed E-state index contributed by atoms with van der Waals surface area (Å²) in [5.74, 6) is 0. The second-order valence-corrected chi connectivity index (χ2v) is 13.7. The third-order valence-electron chi connectivity index (χ3n) is 4.74. The van der Waals surface area contributed by atoms with Crippen molar-refractivity contribution in [1.82, 2.24) is 0 Å². The average Bonchev–Trinajstić information content (AvgIpc) is 2.55. The highest BCUT2D eigenvalue weighted by molar-refractivity contribution is 6.39. The van der Waals surface area contributed by atoms with Crippen LogP contribution in [0.3, 0.4) is 0 Å². The number of ether oxygens (including phenoxy) is 4. The number of hydrogen-bond donors (Lipinski definition) is 0. The van der Waals surface area contributed by atoms with E-state index < -0.39 is 19.0 Å². The van der Waals surface area contributed by atoms with Gasteiger partial charge in [-0.15, -0.1) is 0 Å². The minimum Gasteiger partial charge on any atom is -0.352 e. The maximum Gasteiger partial charge on any atom is 0.145 e. The van der Waals surface area contributed by atoms with Crippen LogP contribution in [0.5, 0.6) is 0 Å². The molecule has 0 spiro atoms. The topological polar surface area (TPSA) is 36.9 Å². The first-order valence-corrected chi connectivity index (χ1v) is 15.1. The third kappa shape index (κ3) is 12.1. The van der Waals surface area contributed by atoms with Gasteiger partial charge < -0.3 is 18.9 Å². The Bertz CT molecular complexity index is 331. The molecule has 4 nitrogen and oxygen atoms in total. The Morgan fingerprint density at radius 3 is 0.964 bits per heavy atom. The van der Waals surface area contributed by atoms with Crippen LogP contribution in [0.2, 0.25) is 12.1 Å². The third-order valence-corrected chi connectivity index (χ3v) is 9.64. The number of unbranched alkanes of at least 4 members (excludes halogenated alkanes) is 1. The minimum atomic E-state index is -0.462. The molecule has 0 radical (unpaired) electrons. The lowest BCUT2D eigenvalue weighted by Crippen LogP contribution is -2.45. The SMILES string of the molecule is CCC(OC(C)C)(OC(C)C)[SiH2]CCCC[SiH2]C(CC)(OC(C)C)OC(C)C. The lowest BCUT2D eigenvalue weighted by atomic mass is 10.4. The maximum absolute atomic E-state index is 6.27. The van der Waals surface area contributed by atoms with Gasteiger partial charge in [0.1, 0.15) is 10.8 Å². The normalized spacial score (nSPS) is 14.4. The Balaban J connectivity index is 4.56. The molecular formula is C22H50O4Si2. The monoisotopic (exact) mass is 434 g/mol. The van der Waals surface area contributed by atoms with E-state index in [0.717, 1.165) is 12.8 Å². The molecule has 0 rings (SSSR count). The summed E-state index contributed by atoms with van der Waals surface area (Å²) in [6.45, 7) is 21.3. The first-order valence-electron chi connectivity index (χ1n) is 11.7. The van der Waals surface area contributed by atoms with E-state index in [2.05, 4.69) is 69.2 Å². The zero-order valence-corrected chi connectivity index (χ0v) is 23.4. The molecule has 0 aromatic carbocycles. The molecule has 170 valence electrons. The van der Waals surface area contributed by atoms with Gasteiger partial charge >= 0.3 is 0 Å². The molecule has 0 unspecified atom stereocenters. The van der Waals surface area contributed by atoms with Gasteiger partial charge in [0.2, 0.25) is 0 Å². The molecule has 0 aromatic rings. The summed E-state index contributed by atoms with van der Waals surface area (Å²) in [7, 11) is -0.924. The van der Waals surface area contributed by atoms with Crippen LogP contribution in [0.15, 0.2) is 0 Å². The summed E-state index contributed by atoms with van der Waals surface area (Å²) in [5.41, 5.74) is -0.594. The molecule has 0 aliphatic rings. The Morgan fingerprint density at radius 1 is 0.536 bits per heavy atom. The van der Waals surface area contributed by atoms with E-state index >= 15 is 0 Å². The largest absolute Gasteiger partial charge is 0.352 e. The van der Waals surface area contributed by atoms with Gasteiger partial charge in [-0.2, -0.15) is 0 Å². The molecule has 0 atom stereocenters. The number of hydrogen-bond acceptors (Lipinski definition) is 4. The molecule has 0 saturated carbocycles. The molecule has 0 amide bonds. The van der Waals surface area contributed by atoms with Crippen molar-refractivity contribution in [2.45, 2.75) is 142 Å². The van der Waals surface area contributed by atoms with E-state index in [4.69, 9.17) is 18.9 Å². The Hall–Kier alpha value is 0.274. The lowest BCUT2D eigenvalue weighted by Gasteiger charge is -2.37. The van der Waals surface area contributed by atoms with Crippen LogP contribution in [0.4, 0.5) is 0 Å². The molecule has 0 aliphatic carbocycles. The van der Waals surface area contributed by atoms with Crippen molar-refractivity contribution in [3.63, 3.8) is 0 Å². The van der Waals surface area contributed by atoms with Crippen LogP contribution in [-0.2, 0) is 18.9 Å². The van der Waals surface area contributed by atoms with Gasteiger partial charge in [-0.25, -0.2) is 0 Å². The van der Waals surface area contributed by atoms with Crippen molar-refractivity contribution in [2.24, 2.45) is 0 Å². The first-order chi connectivity index (χ1) is 13.0. The minimum absolute atomic E-state index is 0.213. The highest BCUT2D eigenvalue weighted by Crippen LogP contribution is 2.25. The summed E-state index contributed by atoms with van der Waals surface area (Å²) in [5, 5.41) is 0. The predicted octanol–water partition coefficient (Wildman–Crippen LogP) is 4.77. The molecule has 0 aromatic heterocycles. The van der Waals surface area contributed by atoms with Gasteiger partial charge in [0.05, 0.1) is 43.5 Å². The molecule has 28 heavy (non-hydrogen) atoms. The summed E-state index contributed by atoms with van der Waals surface area (Å²) in [4.78, 5) is 0. The second kappa shape index (κ2) is 14.3. The Labute approximate surface area is 180 Å². The molecular weight excluding hydrogens is 384 g/mol. The first kappa shape index (κ1) is 28.3. The van der Waals surface area contributed by atoms with Crippen molar-refractivity contribution >= 4 is 19.0 Å². The van der Waals surface area contributed by atoms with Crippen molar-refractivity contribution < 1.29 is 18.9 Å². The van der Waals surface area contributed by atoms with E-state index in [0.29, 0.717) is 0 Å². The standard InChI is InChI=1S/C22H50O4Si2/c1-11-21(23-17(3)4,24-18(5)6)27-15-13-14-16-28-22(12-2,25-19(7)8)26-20(9)10/h17-20H,11-16,27-28H2,1-10H3. The van der Waals surface area contributed by atoms with Crippen molar-refractivity contribution in [2.75, 3.05) is 0 Å². The van der Waals surface area contributed by atoms with Gasteiger partial charge in [-0.1, -0.05) is 38.8 Å². The Morgan fingerprint density at radius 2 is 0.786 bits per heavy atom. The van der Waals surface area contributed by atoms with Crippen molar-refractivity contribution in [3.8, 4) is 0 Å². The van der Waals surface area contributed by atoms with E-state index in [9.17, 15) is 0 Å². The molecule has 0 N–H and O–H groups in total. The smallest absolute Gasteiger partial charge is 0.145 e. The van der Waals surface area contributed by atoms with Gasteiger partial charge in [0.15, 0.2) is 0 Å². The van der Waals surface area contributed by atoms with E-state index in [1.54, 1.807) is 0 Å². The summed E-state index contributed by atoms with van der Waals surface area (Å²) < 4.78 is 25.1. The molecule has 0 saturated heterocycles. The van der Waals surface area contributed by atoms with E-state index in [1.807, 2.05) is 0 Å². The molecule has 0 aliphatic heterocycles. The Kier molecular flexibility index (Phi) is 14.4. The van der Waals surface area contributed by atoms with E-state index in [1.165, 1.54) is 24.9 Å². The average molecular weight is 435 g/mol. The van der Waals surface area contributed by atoms with Crippen LogP contribution < -0.4 is 0 Å². The molecule has 6 heteroatoms. The van der Waals surface area contributed by atoms with Crippen LogP contribution in [0.1, 0.15) is 94.9 Å². The highest BCUT2D eigenvalue weighted by Gasteiger charge is 2.33. The van der Waals surface area contributed by atoms with Crippen molar-refractivity contribution in [1.29, 1.82) is 0 Å². The fraction of sp³-hybridized carbons (Fsp3) is 1.00. The lowest BCUT2D eigenvalue weighted by molar-refractivity contribution is -0.218. The quantitative estimate of drug-likeness (QED) is 0.188. The van der Waals surface area contributed by atoms with Gasteiger partial charge in [0, 0.05) is 0 Å². The molecule has 0 fully saturated rings. The van der Waals surface area contributed by atoms with E-state index in [-0.39, 0.29) is 35.2 Å². The summed E-state index contributed by atoms with van der Waals surface area (Å²) >= 11 is 0. The summed E-state index contributed by atoms with van der Waals surface area (Å²) in [6.07, 6.45) is 5.30. The summed E-state index contributed by atoms with van der Waals surface area (Å²) in [6, 6.07) is 2.55. The van der Waals surface area contributed by atoms with Gasteiger partial charge in [-0.05, 0) is 68.2 Å². The van der Waals surface area contributed by atoms with Crippen LogP contribution in [0.25, 0.3) is 0 Å². The highest BCUT2D eigenvalue weighted by atomic mass is 28.2. The fourth-order valence-electron chi connectivity index (χ4n) is 3.84. The van der Waals surface area contributed by atoms with Gasteiger partial charge in [-0.3, -0.25) is 0 Å². The van der Waals surface area contributed by atoms with Crippen molar-refractivity contribution in [3.05, 3.63) is 0 Å². The second-order valence-electron chi connectivity index (χ2n) is 9.11. The maximum atomic E-state index is 6.27. The predicted molar refractivity (Wildman–Crippen MR) is 127 cm³/mol. The molecule has 0 heterocycles. The zero-order chi connectivity index (χ0) is 21.8.